The Kier molecular flexibility index (Phi) is 11.4. The van der Waals surface area contributed by atoms with E-state index >= 15 is 0 Å². The van der Waals surface area contributed by atoms with Gasteiger partial charge in [-0.15, -0.1) is 12.4 Å². The van der Waals surface area contributed by atoms with Crippen molar-refractivity contribution in [1.82, 2.24) is 19.7 Å². The first-order valence-electron chi connectivity index (χ1n) is 15.4. The average molecular weight is 738 g/mol. The zero-order chi connectivity index (χ0) is 36.6. The van der Waals surface area contributed by atoms with Crippen LogP contribution < -0.4 is 0 Å². The number of nitrogens with one attached hydrogen (secondary N) is 1. The van der Waals surface area contributed by atoms with Gasteiger partial charge >= 0.3 is 12.4 Å². The number of carbonyl (C=O) groups excluding carboxylic acids is 2. The maximum absolute atomic E-state index is 14.7. The van der Waals surface area contributed by atoms with Crippen LogP contribution in [0.1, 0.15) is 39.5 Å². The number of carbonyl (C=O) groups is 2. The molecule has 272 valence electrons. The second-order valence-corrected chi connectivity index (χ2v) is 12.5. The molecule has 1 N–H and O–H groups in total. The number of nitro groups is 1. The summed E-state index contributed by atoms with van der Waals surface area (Å²) < 4.78 is 83.8. The first kappa shape index (κ1) is 39.1. The van der Waals surface area contributed by atoms with Crippen molar-refractivity contribution < 1.29 is 40.9 Å². The lowest BCUT2D eigenvalue weighted by atomic mass is 9.76. The number of nitrogens with zero attached hydrogens (tertiary/aromatic N) is 4. The Morgan fingerprint density at radius 2 is 1.59 bits per heavy atom. The van der Waals surface area contributed by atoms with E-state index < -0.39 is 57.2 Å². The summed E-state index contributed by atoms with van der Waals surface area (Å²) in [5.74, 6) is -1.84. The van der Waals surface area contributed by atoms with E-state index in [2.05, 4.69) is 4.98 Å². The molecule has 0 bridgehead atoms. The van der Waals surface area contributed by atoms with Gasteiger partial charge < -0.3 is 14.8 Å². The average Bonchev–Trinajstić information content (AvgIpc) is 3.50. The van der Waals surface area contributed by atoms with Gasteiger partial charge in [0.25, 0.3) is 5.69 Å². The Labute approximate surface area is 295 Å². The molecule has 1 aromatic heterocycles. The lowest BCUT2D eigenvalue weighted by Crippen LogP contribution is -2.68. The molecule has 1 aliphatic rings. The van der Waals surface area contributed by atoms with Crippen molar-refractivity contribution in [3.63, 3.8) is 0 Å². The molecule has 16 heteroatoms. The zero-order valence-corrected chi connectivity index (χ0v) is 28.4. The van der Waals surface area contributed by atoms with E-state index in [1.807, 2.05) is 23.9 Å². The number of ketones is 1. The highest BCUT2D eigenvalue weighted by atomic mass is 35.5. The number of halogens is 7. The minimum Gasteiger partial charge on any atom is -0.361 e. The van der Waals surface area contributed by atoms with Crippen molar-refractivity contribution in [3.8, 4) is 0 Å². The number of non-ortho nitro benzene ring substituents is 1. The van der Waals surface area contributed by atoms with Crippen molar-refractivity contribution >= 4 is 46.8 Å². The third-order valence-corrected chi connectivity index (χ3v) is 8.99. The summed E-state index contributed by atoms with van der Waals surface area (Å²) in [5.41, 5.74) is -4.21. The second kappa shape index (κ2) is 14.9. The van der Waals surface area contributed by atoms with Gasteiger partial charge in [-0.25, -0.2) is 0 Å². The quantitative estimate of drug-likeness (QED) is 0.0631. The van der Waals surface area contributed by atoms with Gasteiger partial charge in [0.2, 0.25) is 5.91 Å². The van der Waals surface area contributed by atoms with Gasteiger partial charge in [-0.1, -0.05) is 18.2 Å². The van der Waals surface area contributed by atoms with Crippen LogP contribution >= 0.6 is 12.4 Å². The van der Waals surface area contributed by atoms with Crippen LogP contribution in [0.25, 0.3) is 17.0 Å². The number of hydrogen-bond acceptors (Lipinski definition) is 6. The van der Waals surface area contributed by atoms with Crippen LogP contribution in [0.5, 0.6) is 0 Å². The molecule has 51 heavy (non-hydrogen) atoms. The van der Waals surface area contributed by atoms with Gasteiger partial charge in [0, 0.05) is 67.1 Å². The molecule has 1 aliphatic heterocycles. The lowest BCUT2D eigenvalue weighted by Gasteiger charge is -2.54. The first-order chi connectivity index (χ1) is 23.4. The number of aromatic nitrogens is 1. The monoisotopic (exact) mass is 737 g/mol. The highest BCUT2D eigenvalue weighted by molar-refractivity contribution is 6.05. The summed E-state index contributed by atoms with van der Waals surface area (Å²) in [6.45, 7) is 2.61. The summed E-state index contributed by atoms with van der Waals surface area (Å²) in [7, 11) is 3.66. The third kappa shape index (κ3) is 8.10. The Balaban J connectivity index is 0.00000583. The lowest BCUT2D eigenvalue weighted by molar-refractivity contribution is -0.384. The molecule has 1 amide bonds. The highest BCUT2D eigenvalue weighted by Crippen LogP contribution is 2.44. The number of hydrogen-bond donors (Lipinski definition) is 1. The summed E-state index contributed by atoms with van der Waals surface area (Å²) in [5, 5.41) is 11.7. The predicted molar refractivity (Wildman–Crippen MR) is 181 cm³/mol. The molecule has 2 heterocycles. The third-order valence-electron chi connectivity index (χ3n) is 8.99. The Hall–Kier alpha value is -4.73. The molecule has 0 aliphatic carbocycles. The number of amides is 1. The molecular formula is C35H34ClF6N5O4. The van der Waals surface area contributed by atoms with E-state index in [1.165, 1.54) is 35.2 Å². The van der Waals surface area contributed by atoms with Crippen LogP contribution in [0.4, 0.5) is 32.0 Å². The van der Waals surface area contributed by atoms with E-state index in [4.69, 9.17) is 0 Å². The fraction of sp³-hybridized carbons (Fsp3) is 0.314. The molecular weight excluding hydrogens is 704 g/mol. The van der Waals surface area contributed by atoms with Crippen molar-refractivity contribution in [2.45, 2.75) is 30.9 Å². The number of nitro benzene ring substituents is 1. The van der Waals surface area contributed by atoms with Crippen molar-refractivity contribution in [1.29, 1.82) is 0 Å². The standard InChI is InChI=1S/C35H33F6N5O4.ClH/c1-33(28-21-42-29-7-5-4-6-27(28)29)32(31(48)23-18-24(34(36,37)38)20-25(19-23)35(39,40)41)45(17-16-44(33)15-14-43(2)3)30(47)13-10-22-8-11-26(12-9-22)46(49)50;/h4-13,18-21,32,42H,14-17H2,1-3H3;1H. The number of fused-ring (bicyclic) bond motifs is 1. The molecule has 4 aromatic rings. The summed E-state index contributed by atoms with van der Waals surface area (Å²) in [6, 6.07) is 11.5. The number of H-pyrrole nitrogens is 1. The van der Waals surface area contributed by atoms with E-state index in [0.29, 0.717) is 47.3 Å². The van der Waals surface area contributed by atoms with Crippen molar-refractivity contribution in [2.24, 2.45) is 0 Å². The molecule has 9 nitrogen and oxygen atoms in total. The van der Waals surface area contributed by atoms with Crippen molar-refractivity contribution in [3.05, 3.63) is 117 Å². The van der Waals surface area contributed by atoms with Gasteiger partial charge in [-0.05, 0) is 74.6 Å². The number of aromatic amines is 1. The normalized spacial score (nSPS) is 18.7. The minimum absolute atomic E-state index is 0. The van der Waals surface area contributed by atoms with E-state index in [1.54, 1.807) is 37.4 Å². The Bertz CT molecular complexity index is 1910. The SMILES string of the molecule is CN(C)CCN1CCN(C(=O)C=Cc2ccc([N+](=O)[O-])cc2)C(C(=O)c2cc(C(F)(F)F)cc(C(F)(F)F)c2)C1(C)c1c[nH]c2ccccc12.Cl. The Morgan fingerprint density at radius 1 is 0.980 bits per heavy atom. The highest BCUT2D eigenvalue weighted by Gasteiger charge is 2.53. The van der Waals surface area contributed by atoms with Crippen LogP contribution in [0.2, 0.25) is 0 Å². The molecule has 3 aromatic carbocycles. The summed E-state index contributed by atoms with van der Waals surface area (Å²) in [6.07, 6.45) is -6.28. The molecule has 0 saturated carbocycles. The minimum atomic E-state index is -5.20. The molecule has 1 saturated heterocycles. The largest absolute Gasteiger partial charge is 0.416 e. The van der Waals surface area contributed by atoms with Gasteiger partial charge in [0.1, 0.15) is 6.04 Å². The van der Waals surface area contributed by atoms with Crippen LogP contribution in [-0.4, -0.2) is 82.6 Å². The summed E-state index contributed by atoms with van der Waals surface area (Å²) >= 11 is 0. The molecule has 0 spiro atoms. The van der Waals surface area contributed by atoms with Gasteiger partial charge in [0.05, 0.1) is 21.6 Å². The summed E-state index contributed by atoms with van der Waals surface area (Å²) in [4.78, 5) is 47.3. The van der Waals surface area contributed by atoms with Crippen LogP contribution in [0.3, 0.4) is 0 Å². The number of piperazine rings is 1. The number of alkyl halides is 6. The van der Waals surface area contributed by atoms with Crippen LogP contribution in [0.15, 0.2) is 79.0 Å². The first-order valence-corrected chi connectivity index (χ1v) is 15.4. The second-order valence-electron chi connectivity index (χ2n) is 12.5. The topological polar surface area (TPSA) is 103 Å². The maximum atomic E-state index is 14.7. The molecule has 2 unspecified atom stereocenters. The van der Waals surface area contributed by atoms with Gasteiger partial charge in [0.15, 0.2) is 5.78 Å². The van der Waals surface area contributed by atoms with E-state index in [-0.39, 0.29) is 37.3 Å². The van der Waals surface area contributed by atoms with E-state index in [0.717, 1.165) is 6.08 Å². The Morgan fingerprint density at radius 3 is 2.16 bits per heavy atom. The number of para-hydroxylation sites is 1. The number of Topliss-reactive ketones (excluding diaryl/α,β-unsaturated/α-hetero) is 1. The van der Waals surface area contributed by atoms with Crippen molar-refractivity contribution in [2.75, 3.05) is 40.3 Å². The van der Waals surface area contributed by atoms with Gasteiger partial charge in [-0.3, -0.25) is 24.6 Å². The zero-order valence-electron chi connectivity index (χ0n) is 27.6. The van der Waals surface area contributed by atoms with Crippen LogP contribution in [-0.2, 0) is 22.7 Å². The number of likely N-dealkylation sites (N-methyl/N-ethyl adjacent to an activating group) is 1. The molecule has 5 rings (SSSR count). The van der Waals surface area contributed by atoms with E-state index in [9.17, 15) is 46.0 Å². The smallest absolute Gasteiger partial charge is 0.361 e. The fourth-order valence-corrected chi connectivity index (χ4v) is 6.40. The van der Waals surface area contributed by atoms with Crippen LogP contribution in [0, 0.1) is 10.1 Å². The molecule has 0 radical (unpaired) electrons. The predicted octanol–water partition coefficient (Wildman–Crippen LogP) is 7.42. The molecule has 1 fully saturated rings. The number of rotatable bonds is 9. The maximum Gasteiger partial charge on any atom is 0.416 e. The van der Waals surface area contributed by atoms with Gasteiger partial charge in [-0.2, -0.15) is 26.3 Å². The fourth-order valence-electron chi connectivity index (χ4n) is 6.40. The number of benzene rings is 3. The molecule has 2 atom stereocenters.